The molecule has 3 nitrogen and oxygen atoms in total. The first-order valence-corrected chi connectivity index (χ1v) is 27.7. The zero-order chi connectivity index (χ0) is 56.2. The fraction of sp³-hybridized carbons (Fsp3) is 0.0946. The van der Waals surface area contributed by atoms with Crippen LogP contribution < -0.4 is 16.4 Å². The lowest BCUT2D eigenvalue weighted by Gasteiger charge is -2.32. The van der Waals surface area contributed by atoms with Gasteiger partial charge in [-0.25, -0.2) is 17.6 Å². The van der Waals surface area contributed by atoms with Crippen LogP contribution in [0.3, 0.4) is 0 Å². The van der Waals surface area contributed by atoms with Gasteiger partial charge < -0.3 is 9.13 Å². The number of hydrogen-bond acceptors (Lipinski definition) is 1. The topological polar surface area (TPSA) is 33.6 Å². The highest BCUT2D eigenvalue weighted by Gasteiger charge is 2.60. The summed E-state index contributed by atoms with van der Waals surface area (Å²) in [6.45, 7) is 6.83. The number of halogens is 4. The van der Waals surface area contributed by atoms with Crippen LogP contribution in [-0.2, 0) is 11.8 Å². The molecule has 14 rings (SSSR count). The lowest BCUT2D eigenvalue weighted by Crippen LogP contribution is -2.59. The molecule has 0 aliphatic heterocycles. The molecule has 11 aromatic carbocycles. The van der Waals surface area contributed by atoms with Crippen molar-refractivity contribution < 1.29 is 17.6 Å². The number of fused-ring (bicyclic) bond motifs is 7. The highest BCUT2D eigenvalue weighted by atomic mass is 19.3. The molecule has 0 radical (unpaired) electrons. The standard InChI is InChI=1S/C74H52BF4N3/c1-45-19-17-20-46(2)68(45)75(69-47(3)21-18-22-48(69)4)70-67-66(73(76,77)44-74(67,78)79)61(43-80)71(81-62-35-31-53(49-23-9-5-10-24-49)39-57(62)58-40-54(32-36-63(58)81)50-25-11-6-12-26-50)72(70)82-64-37-33-55(51-27-13-7-14-28-51)41-59(64)60-42-56(34-38-65(60)82)52-29-15-8-16-30-52/h5-42H,44H2,1-4H3. The Hall–Kier alpha value is -9.71. The maximum atomic E-state index is 18.3. The van der Waals surface area contributed by atoms with E-state index in [-0.39, 0.29) is 16.8 Å². The van der Waals surface area contributed by atoms with Crippen LogP contribution in [0.25, 0.3) is 99.5 Å². The van der Waals surface area contributed by atoms with E-state index in [0.717, 1.165) is 99.2 Å². The number of aryl methyl sites for hydroxylation is 4. The van der Waals surface area contributed by atoms with Gasteiger partial charge in [0.05, 0.1) is 45.4 Å². The Morgan fingerprint density at radius 1 is 0.354 bits per heavy atom. The van der Waals surface area contributed by atoms with E-state index in [1.54, 1.807) is 0 Å². The van der Waals surface area contributed by atoms with Crippen molar-refractivity contribution in [3.8, 4) is 62.0 Å². The summed E-state index contributed by atoms with van der Waals surface area (Å²) in [6, 6.07) is 79.0. The predicted molar refractivity (Wildman–Crippen MR) is 330 cm³/mol. The lowest BCUT2D eigenvalue weighted by atomic mass is 9.33. The number of alkyl halides is 4. The van der Waals surface area contributed by atoms with Crippen LogP contribution in [0.4, 0.5) is 17.6 Å². The van der Waals surface area contributed by atoms with Gasteiger partial charge in [-0.1, -0.05) is 215 Å². The monoisotopic (exact) mass is 1070 g/mol. The van der Waals surface area contributed by atoms with E-state index in [0.29, 0.717) is 22.1 Å². The summed E-state index contributed by atoms with van der Waals surface area (Å²) in [7, 11) is 0. The Bertz CT molecular complexity index is 4480. The van der Waals surface area contributed by atoms with Gasteiger partial charge in [-0.05, 0) is 126 Å². The molecule has 0 amide bonds. The molecule has 0 saturated heterocycles. The fourth-order valence-corrected chi connectivity index (χ4v) is 13.5. The van der Waals surface area contributed by atoms with Gasteiger partial charge in [0.1, 0.15) is 6.07 Å². The minimum absolute atomic E-state index is 0.0239. The van der Waals surface area contributed by atoms with Crippen molar-refractivity contribution in [1.82, 2.24) is 9.13 Å². The normalized spacial score (nSPS) is 13.5. The highest BCUT2D eigenvalue weighted by Crippen LogP contribution is 2.57. The summed E-state index contributed by atoms with van der Waals surface area (Å²) in [4.78, 5) is 0. The molecule has 0 saturated carbocycles. The Morgan fingerprint density at radius 2 is 0.659 bits per heavy atom. The molecule has 0 N–H and O–H groups in total. The first-order chi connectivity index (χ1) is 39.8. The molecule has 13 aromatic rings. The van der Waals surface area contributed by atoms with Gasteiger partial charge in [0.15, 0.2) is 0 Å². The zero-order valence-electron chi connectivity index (χ0n) is 45.6. The van der Waals surface area contributed by atoms with Crippen LogP contribution in [0.15, 0.2) is 231 Å². The molecule has 82 heavy (non-hydrogen) atoms. The predicted octanol–water partition coefficient (Wildman–Crippen LogP) is 17.8. The van der Waals surface area contributed by atoms with Gasteiger partial charge >= 0.3 is 0 Å². The van der Waals surface area contributed by atoms with Crippen LogP contribution in [0.1, 0.15) is 45.4 Å². The van der Waals surface area contributed by atoms with Crippen molar-refractivity contribution in [1.29, 1.82) is 5.26 Å². The number of hydrogen-bond donors (Lipinski definition) is 0. The SMILES string of the molecule is Cc1cccc(C)c1B(c1c(C)cccc1C)c1c(-n2c3ccc(-c4ccccc4)cc3c3cc(-c4ccccc4)ccc32)c(-n2c3ccc(-c4ccccc4)cc3c3cc(-c4ccccc4)ccc32)c(C#N)c2c1C(F)(F)CC2(F)F. The largest absolute Gasteiger partial charge is 0.308 e. The van der Waals surface area contributed by atoms with Crippen LogP contribution >= 0.6 is 0 Å². The maximum Gasteiger partial charge on any atom is 0.281 e. The highest BCUT2D eigenvalue weighted by molar-refractivity contribution is 6.97. The molecule has 394 valence electrons. The molecular formula is C74H52BF4N3. The van der Waals surface area contributed by atoms with Crippen LogP contribution in [-0.4, -0.2) is 15.8 Å². The van der Waals surface area contributed by atoms with Crippen LogP contribution in [0, 0.1) is 39.0 Å². The Labute approximate surface area is 473 Å². The van der Waals surface area contributed by atoms with E-state index in [1.165, 1.54) is 0 Å². The molecule has 0 fully saturated rings. The van der Waals surface area contributed by atoms with Gasteiger partial charge in [0.25, 0.3) is 11.8 Å². The molecule has 1 aliphatic rings. The molecule has 0 bridgehead atoms. The summed E-state index contributed by atoms with van der Waals surface area (Å²) in [6.07, 6.45) is -1.80. The minimum atomic E-state index is -4.13. The van der Waals surface area contributed by atoms with E-state index in [4.69, 9.17) is 0 Å². The third-order valence-corrected chi connectivity index (χ3v) is 17.1. The van der Waals surface area contributed by atoms with Gasteiger partial charge in [-0.3, -0.25) is 0 Å². The Balaban J connectivity index is 1.26. The zero-order valence-corrected chi connectivity index (χ0v) is 45.6. The average molecular weight is 1070 g/mol. The van der Waals surface area contributed by atoms with E-state index >= 15 is 17.6 Å². The number of rotatable bonds is 9. The van der Waals surface area contributed by atoms with Crippen molar-refractivity contribution in [3.63, 3.8) is 0 Å². The van der Waals surface area contributed by atoms with E-state index in [2.05, 4.69) is 54.6 Å². The number of benzene rings is 11. The summed E-state index contributed by atoms with van der Waals surface area (Å²) in [5, 5.41) is 15.3. The Morgan fingerprint density at radius 3 is 0.976 bits per heavy atom. The third-order valence-electron chi connectivity index (χ3n) is 17.1. The second-order valence-electron chi connectivity index (χ2n) is 22.0. The lowest BCUT2D eigenvalue weighted by molar-refractivity contribution is -0.0922. The molecule has 8 heteroatoms. The first kappa shape index (κ1) is 50.5. The van der Waals surface area contributed by atoms with Crippen LogP contribution in [0.5, 0.6) is 0 Å². The molecule has 0 atom stereocenters. The molecular weight excluding hydrogens is 1020 g/mol. The first-order valence-electron chi connectivity index (χ1n) is 27.7. The molecule has 0 unspecified atom stereocenters. The quantitative estimate of drug-likeness (QED) is 0.105. The molecule has 2 heterocycles. The van der Waals surface area contributed by atoms with E-state index < -0.39 is 41.7 Å². The van der Waals surface area contributed by atoms with Crippen molar-refractivity contribution in [3.05, 3.63) is 269 Å². The summed E-state index contributed by atoms with van der Waals surface area (Å²) in [5.41, 5.74) is 13.0. The second kappa shape index (κ2) is 19.2. The van der Waals surface area contributed by atoms with Crippen molar-refractivity contribution >= 4 is 66.7 Å². The van der Waals surface area contributed by atoms with Gasteiger partial charge in [0, 0.05) is 32.7 Å². The smallest absolute Gasteiger partial charge is 0.281 e. The molecule has 1 aliphatic carbocycles. The average Bonchev–Trinajstić information content (AvgIpc) is 3.60. The second-order valence-corrected chi connectivity index (χ2v) is 22.0. The van der Waals surface area contributed by atoms with E-state index in [9.17, 15) is 5.26 Å². The third kappa shape index (κ3) is 7.93. The maximum absolute atomic E-state index is 18.3. The van der Waals surface area contributed by atoms with Crippen LogP contribution in [0.2, 0.25) is 0 Å². The van der Waals surface area contributed by atoms with Crippen molar-refractivity contribution in [2.75, 3.05) is 0 Å². The summed E-state index contributed by atoms with van der Waals surface area (Å²) in [5.74, 6) is -8.23. The molecule has 0 spiro atoms. The van der Waals surface area contributed by atoms with Crippen molar-refractivity contribution in [2.45, 2.75) is 46.0 Å². The van der Waals surface area contributed by atoms with E-state index in [1.807, 2.05) is 219 Å². The van der Waals surface area contributed by atoms with Gasteiger partial charge in [-0.15, -0.1) is 0 Å². The Kier molecular flexibility index (Phi) is 11.9. The number of nitrogens with zero attached hydrogens (tertiary/aromatic N) is 3. The molecule has 2 aromatic heterocycles. The number of aromatic nitrogens is 2. The summed E-state index contributed by atoms with van der Waals surface area (Å²) >= 11 is 0. The minimum Gasteiger partial charge on any atom is -0.308 e. The van der Waals surface area contributed by atoms with Gasteiger partial charge in [0.2, 0.25) is 6.71 Å². The summed E-state index contributed by atoms with van der Waals surface area (Å²) < 4.78 is 76.4. The fourth-order valence-electron chi connectivity index (χ4n) is 13.5. The number of nitriles is 1. The van der Waals surface area contributed by atoms with Gasteiger partial charge in [-0.2, -0.15) is 5.26 Å². The van der Waals surface area contributed by atoms with Crippen molar-refractivity contribution in [2.24, 2.45) is 0 Å².